The van der Waals surface area contributed by atoms with Gasteiger partial charge in [-0.25, -0.2) is 13.4 Å². The number of pyridine rings is 2. The maximum atomic E-state index is 13.0. The molecule has 2 aliphatic heterocycles. The third-order valence-electron chi connectivity index (χ3n) is 8.71. The second-order valence-electron chi connectivity index (χ2n) is 11.6. The molecule has 4 heterocycles. The Morgan fingerprint density at radius 1 is 0.929 bits per heavy atom. The van der Waals surface area contributed by atoms with Gasteiger partial charge in [-0.15, -0.1) is 0 Å². The van der Waals surface area contributed by atoms with Crippen LogP contribution in [0.15, 0.2) is 65.7 Å². The van der Waals surface area contributed by atoms with Crippen molar-refractivity contribution in [3.8, 4) is 11.1 Å². The number of nitrogens with zero attached hydrogens (tertiary/aromatic N) is 4. The number of hydrogen-bond acceptors (Lipinski definition) is 8. The number of aromatic nitrogens is 2. The summed E-state index contributed by atoms with van der Waals surface area (Å²) in [6.07, 6.45) is 7.33. The molecule has 1 atom stereocenters. The van der Waals surface area contributed by atoms with Gasteiger partial charge in [0.1, 0.15) is 5.82 Å². The lowest BCUT2D eigenvalue weighted by atomic mass is 9.91. The van der Waals surface area contributed by atoms with Gasteiger partial charge in [-0.3, -0.25) is 4.98 Å². The van der Waals surface area contributed by atoms with E-state index in [1.807, 2.05) is 12.1 Å². The van der Waals surface area contributed by atoms with E-state index in [9.17, 15) is 8.42 Å². The van der Waals surface area contributed by atoms with Crippen LogP contribution < -0.4 is 21.3 Å². The maximum absolute atomic E-state index is 13.0. The highest BCUT2D eigenvalue weighted by molar-refractivity contribution is 7.89. The van der Waals surface area contributed by atoms with Crippen LogP contribution in [0.5, 0.6) is 0 Å². The van der Waals surface area contributed by atoms with Gasteiger partial charge in [0.25, 0.3) is 0 Å². The average molecular weight is 584 g/mol. The number of nitrogens with one attached hydrogen (secondary N) is 2. The van der Waals surface area contributed by atoms with Crippen LogP contribution in [0.4, 0.5) is 17.2 Å². The molecule has 2 aromatic carbocycles. The van der Waals surface area contributed by atoms with Crippen molar-refractivity contribution in [1.82, 2.24) is 19.6 Å². The Hall–Kier alpha value is -3.57. The van der Waals surface area contributed by atoms with E-state index in [1.54, 1.807) is 30.5 Å². The fourth-order valence-corrected chi connectivity index (χ4v) is 7.94. The van der Waals surface area contributed by atoms with E-state index in [4.69, 9.17) is 10.7 Å². The number of piperazine rings is 1. The van der Waals surface area contributed by atoms with Crippen LogP contribution in [0.2, 0.25) is 0 Å². The van der Waals surface area contributed by atoms with E-state index >= 15 is 0 Å². The Morgan fingerprint density at radius 3 is 2.50 bits per heavy atom. The molecule has 2 fully saturated rings. The molecular formula is C32H37N7O2S. The Kier molecular flexibility index (Phi) is 7.31. The molecular weight excluding hydrogens is 546 g/mol. The quantitative estimate of drug-likeness (QED) is 0.311. The monoisotopic (exact) mass is 583 g/mol. The molecule has 218 valence electrons. The predicted molar refractivity (Wildman–Crippen MR) is 168 cm³/mol. The molecule has 0 bridgehead atoms. The molecule has 2 aromatic heterocycles. The predicted octanol–water partition coefficient (Wildman–Crippen LogP) is 4.05. The van der Waals surface area contributed by atoms with Crippen LogP contribution in [0.3, 0.4) is 0 Å². The van der Waals surface area contributed by atoms with Gasteiger partial charge in [-0.2, -0.15) is 4.31 Å². The number of anilines is 3. The van der Waals surface area contributed by atoms with Crippen molar-refractivity contribution in [2.75, 3.05) is 49.5 Å². The number of nitrogens with two attached hydrogens (primary N) is 1. The first-order chi connectivity index (χ1) is 20.5. The summed E-state index contributed by atoms with van der Waals surface area (Å²) >= 11 is 0. The first-order valence-corrected chi connectivity index (χ1v) is 16.4. The van der Waals surface area contributed by atoms with E-state index < -0.39 is 10.0 Å². The maximum Gasteiger partial charge on any atom is 0.243 e. The summed E-state index contributed by atoms with van der Waals surface area (Å²) < 4.78 is 27.6. The second-order valence-corrected chi connectivity index (χ2v) is 13.5. The summed E-state index contributed by atoms with van der Waals surface area (Å²) in [6, 6.07) is 17.7. The molecule has 3 aliphatic rings. The van der Waals surface area contributed by atoms with Crippen LogP contribution in [-0.2, 0) is 22.9 Å². The summed E-state index contributed by atoms with van der Waals surface area (Å²) in [5, 5.41) is 7.73. The first-order valence-electron chi connectivity index (χ1n) is 15.0. The van der Waals surface area contributed by atoms with Gasteiger partial charge in [0.05, 0.1) is 16.1 Å². The third kappa shape index (κ3) is 5.24. The van der Waals surface area contributed by atoms with E-state index in [-0.39, 0.29) is 6.04 Å². The van der Waals surface area contributed by atoms with Crippen molar-refractivity contribution in [1.29, 1.82) is 0 Å². The number of benzene rings is 2. The molecule has 1 aliphatic carbocycles. The zero-order chi connectivity index (χ0) is 28.7. The normalized spacial score (nSPS) is 19.6. The number of aryl methyl sites for hydroxylation is 1. The third-order valence-corrected chi connectivity index (χ3v) is 10.6. The average Bonchev–Trinajstić information content (AvgIpc) is 3.46. The largest absolute Gasteiger partial charge is 0.369 e. The van der Waals surface area contributed by atoms with Crippen molar-refractivity contribution >= 4 is 38.1 Å². The number of fused-ring (bicyclic) bond motifs is 2. The summed E-state index contributed by atoms with van der Waals surface area (Å²) in [5.41, 5.74) is 14.3. The SMILES string of the molecule is NC1CCN(c2c3c(nc4ccc(-c5ccnc(Nc6ccc(S(=O)(=O)N7CCNCC7)cc6)c5)cc24)CCCC3)C1. The van der Waals surface area contributed by atoms with Gasteiger partial charge in [0.2, 0.25) is 10.0 Å². The molecule has 0 spiro atoms. The van der Waals surface area contributed by atoms with Crippen LogP contribution in [0.1, 0.15) is 30.5 Å². The van der Waals surface area contributed by atoms with E-state index in [1.165, 1.54) is 39.5 Å². The van der Waals surface area contributed by atoms with Crippen molar-refractivity contribution in [2.24, 2.45) is 5.73 Å². The Bertz CT molecular complexity index is 1720. The number of hydrogen-bond donors (Lipinski definition) is 3. The Morgan fingerprint density at radius 2 is 1.71 bits per heavy atom. The lowest BCUT2D eigenvalue weighted by Crippen LogP contribution is -2.46. The Labute approximate surface area is 247 Å². The zero-order valence-corrected chi connectivity index (χ0v) is 24.5. The van der Waals surface area contributed by atoms with Crippen LogP contribution in [0.25, 0.3) is 22.0 Å². The molecule has 0 radical (unpaired) electrons. The fraction of sp³-hybridized carbons (Fsp3) is 0.375. The lowest BCUT2D eigenvalue weighted by Gasteiger charge is -2.28. The highest BCUT2D eigenvalue weighted by Crippen LogP contribution is 2.39. The highest BCUT2D eigenvalue weighted by atomic mass is 32.2. The number of sulfonamides is 1. The minimum atomic E-state index is -3.50. The van der Waals surface area contributed by atoms with Crippen molar-refractivity contribution in [3.63, 3.8) is 0 Å². The fourth-order valence-electron chi connectivity index (χ4n) is 6.50. The van der Waals surface area contributed by atoms with Crippen LogP contribution in [-0.4, -0.2) is 68.0 Å². The standard InChI is InChI=1S/C32H37N7O2S/c33-24-12-16-38(21-24)32-27-3-1-2-4-29(27)37-30-10-5-22(19-28(30)32)23-11-13-35-31(20-23)36-25-6-8-26(9-7-25)42(40,41)39-17-14-34-15-18-39/h5-11,13,19-20,24,34H,1-4,12,14-18,21,33H2,(H,35,36). The summed E-state index contributed by atoms with van der Waals surface area (Å²) in [6.45, 7) is 4.18. The summed E-state index contributed by atoms with van der Waals surface area (Å²) in [7, 11) is -3.50. The highest BCUT2D eigenvalue weighted by Gasteiger charge is 2.27. The van der Waals surface area contributed by atoms with Gasteiger partial charge in [-0.05, 0) is 97.3 Å². The lowest BCUT2D eigenvalue weighted by molar-refractivity contribution is 0.360. The van der Waals surface area contributed by atoms with Gasteiger partial charge in [0.15, 0.2) is 0 Å². The molecule has 4 aromatic rings. The summed E-state index contributed by atoms with van der Waals surface area (Å²) in [4.78, 5) is 12.4. The topological polar surface area (TPSA) is 116 Å². The molecule has 0 saturated carbocycles. The first kappa shape index (κ1) is 27.3. The zero-order valence-electron chi connectivity index (χ0n) is 23.7. The smallest absolute Gasteiger partial charge is 0.243 e. The molecule has 0 amide bonds. The van der Waals surface area contributed by atoms with Crippen LogP contribution in [0, 0.1) is 0 Å². The van der Waals surface area contributed by atoms with Crippen LogP contribution >= 0.6 is 0 Å². The van der Waals surface area contributed by atoms with Gasteiger partial charge in [0, 0.05) is 68.3 Å². The molecule has 10 heteroatoms. The molecule has 1 unspecified atom stereocenters. The molecule has 42 heavy (non-hydrogen) atoms. The Balaban J connectivity index is 1.17. The second kappa shape index (κ2) is 11.3. The molecule has 2 saturated heterocycles. The minimum Gasteiger partial charge on any atom is -0.369 e. The van der Waals surface area contributed by atoms with Gasteiger partial charge >= 0.3 is 0 Å². The van der Waals surface area contributed by atoms with Gasteiger partial charge < -0.3 is 21.3 Å². The van der Waals surface area contributed by atoms with Gasteiger partial charge in [-0.1, -0.05) is 6.07 Å². The van der Waals surface area contributed by atoms with E-state index in [0.29, 0.717) is 36.9 Å². The van der Waals surface area contributed by atoms with E-state index in [2.05, 4.69) is 38.7 Å². The molecule has 7 rings (SSSR count). The number of rotatable bonds is 6. The van der Waals surface area contributed by atoms with Crippen molar-refractivity contribution in [2.45, 2.75) is 43.0 Å². The minimum absolute atomic E-state index is 0.209. The van der Waals surface area contributed by atoms with Crippen molar-refractivity contribution < 1.29 is 8.42 Å². The summed E-state index contributed by atoms with van der Waals surface area (Å²) in [5.74, 6) is 0.694. The molecule has 4 N–H and O–H groups in total. The van der Waals surface area contributed by atoms with E-state index in [0.717, 1.165) is 54.7 Å². The molecule has 9 nitrogen and oxygen atoms in total. The van der Waals surface area contributed by atoms with Crippen molar-refractivity contribution in [3.05, 3.63) is 72.1 Å².